The van der Waals surface area contributed by atoms with E-state index in [1.165, 1.54) is 24.3 Å². The Morgan fingerprint density at radius 1 is 1.28 bits per heavy atom. The molecule has 0 aliphatic carbocycles. The maximum Gasteiger partial charge on any atom is 0.174 e. The maximum atomic E-state index is 11.1. The molecule has 6 nitrogen and oxygen atoms in total. The molecule has 0 spiro atoms. The first-order valence-corrected chi connectivity index (χ1v) is 7.50. The van der Waals surface area contributed by atoms with Gasteiger partial charge in [0.05, 0.1) is 5.75 Å². The van der Waals surface area contributed by atoms with Gasteiger partial charge in [-0.2, -0.15) is 0 Å². The number of rotatable bonds is 7. The van der Waals surface area contributed by atoms with Gasteiger partial charge < -0.3 is 13.5 Å². The molecule has 1 atom stereocenters. The molecular formula is C10H11O6S2-. The Morgan fingerprint density at radius 2 is 1.83 bits per heavy atom. The summed E-state index contributed by atoms with van der Waals surface area (Å²) in [6.07, 6.45) is 0. The molecule has 0 aromatic heterocycles. The van der Waals surface area contributed by atoms with Gasteiger partial charge in [0.25, 0.3) is 0 Å². The minimum Gasteiger partial charge on any atom is -0.740 e. The van der Waals surface area contributed by atoms with E-state index in [0.717, 1.165) is 5.41 Å². The molecule has 0 bridgehead atoms. The summed E-state index contributed by atoms with van der Waals surface area (Å²) in [5.74, 6) is 0.395. The van der Waals surface area contributed by atoms with E-state index in [4.69, 9.17) is 4.74 Å². The van der Waals surface area contributed by atoms with Crippen molar-refractivity contribution in [1.29, 1.82) is 0 Å². The number of ether oxygens (including phenoxy) is 1. The predicted molar refractivity (Wildman–Crippen MR) is 65.5 cm³/mol. The van der Waals surface area contributed by atoms with Gasteiger partial charge in [0.15, 0.2) is 9.84 Å². The summed E-state index contributed by atoms with van der Waals surface area (Å²) >= 11 is -2.62. The van der Waals surface area contributed by atoms with E-state index in [0.29, 0.717) is 5.75 Å². The Bertz CT molecular complexity index is 520. The van der Waals surface area contributed by atoms with Gasteiger partial charge in [-0.15, -0.1) is 0 Å². The van der Waals surface area contributed by atoms with Crippen molar-refractivity contribution in [2.75, 3.05) is 12.4 Å². The molecule has 8 heteroatoms. The van der Waals surface area contributed by atoms with Crippen LogP contribution in [0.5, 0.6) is 11.5 Å². The first-order valence-electron chi connectivity index (χ1n) is 4.78. The molecule has 0 saturated carbocycles. The Balaban J connectivity index is 2.49. The fourth-order valence-electron chi connectivity index (χ4n) is 1.03. The maximum absolute atomic E-state index is 11.1. The predicted octanol–water partition coefficient (Wildman–Crippen LogP) is 0.797. The topological polar surface area (TPSA) is 92.7 Å². The van der Waals surface area contributed by atoms with Gasteiger partial charge in [0.2, 0.25) is 0 Å². The van der Waals surface area contributed by atoms with Crippen LogP contribution in [0.2, 0.25) is 0 Å². The van der Waals surface area contributed by atoms with E-state index in [1.54, 1.807) is 0 Å². The first kappa shape index (κ1) is 14.7. The van der Waals surface area contributed by atoms with Crippen LogP contribution >= 0.6 is 0 Å². The highest BCUT2D eigenvalue weighted by molar-refractivity contribution is 7.94. The minimum atomic E-state index is -3.28. The van der Waals surface area contributed by atoms with Crippen molar-refractivity contribution < 1.29 is 26.1 Å². The van der Waals surface area contributed by atoms with Gasteiger partial charge in [-0.05, 0) is 24.3 Å². The van der Waals surface area contributed by atoms with Crippen molar-refractivity contribution in [2.24, 2.45) is 0 Å². The summed E-state index contributed by atoms with van der Waals surface area (Å²) < 4.78 is 52.2. The molecule has 1 rings (SSSR count). The summed E-state index contributed by atoms with van der Waals surface area (Å²) in [5.41, 5.74) is 0. The van der Waals surface area contributed by atoms with Crippen LogP contribution in [0.4, 0.5) is 0 Å². The lowest BCUT2D eigenvalue weighted by atomic mass is 10.3. The molecule has 0 amide bonds. The number of benzene rings is 1. The number of hydrogen-bond donors (Lipinski definition) is 0. The smallest absolute Gasteiger partial charge is 0.174 e. The highest BCUT2D eigenvalue weighted by Crippen LogP contribution is 2.18. The third kappa shape index (κ3) is 5.30. The summed E-state index contributed by atoms with van der Waals surface area (Å²) in [6, 6.07) is 5.74. The summed E-state index contributed by atoms with van der Waals surface area (Å²) in [5, 5.41) is 0.872. The molecule has 0 radical (unpaired) electrons. The van der Waals surface area contributed by atoms with Crippen LogP contribution in [0.15, 0.2) is 36.3 Å². The van der Waals surface area contributed by atoms with Gasteiger partial charge in [-0.3, -0.25) is 0 Å². The lowest BCUT2D eigenvalue weighted by molar-refractivity contribution is 0.340. The molecule has 18 heavy (non-hydrogen) atoms. The average Bonchev–Trinajstić information content (AvgIpc) is 2.30. The average molecular weight is 291 g/mol. The second kappa shape index (κ2) is 6.53. The van der Waals surface area contributed by atoms with Crippen LogP contribution in [-0.4, -0.2) is 29.5 Å². The molecule has 0 aliphatic heterocycles. The van der Waals surface area contributed by atoms with Gasteiger partial charge in [0.1, 0.15) is 29.5 Å². The molecule has 0 N–H and O–H groups in total. The minimum absolute atomic E-state index is 0.0119. The molecule has 1 aromatic carbocycles. The molecule has 1 unspecified atom stereocenters. The van der Waals surface area contributed by atoms with Gasteiger partial charge in [-0.1, -0.05) is 6.58 Å². The highest BCUT2D eigenvalue weighted by Gasteiger charge is 2.05. The van der Waals surface area contributed by atoms with Crippen molar-refractivity contribution in [3.05, 3.63) is 36.3 Å². The van der Waals surface area contributed by atoms with Crippen molar-refractivity contribution >= 4 is 21.2 Å². The Labute approximate surface area is 108 Å². The van der Waals surface area contributed by atoms with Crippen LogP contribution < -0.4 is 8.92 Å². The van der Waals surface area contributed by atoms with E-state index in [1.807, 2.05) is 0 Å². The second-order valence-corrected chi connectivity index (χ2v) is 5.78. The Morgan fingerprint density at radius 3 is 2.33 bits per heavy atom. The molecule has 100 valence electrons. The van der Waals surface area contributed by atoms with Crippen LogP contribution in [-0.2, 0) is 21.2 Å². The zero-order valence-electron chi connectivity index (χ0n) is 9.27. The highest BCUT2D eigenvalue weighted by atomic mass is 32.2. The third-order valence-electron chi connectivity index (χ3n) is 1.88. The summed E-state index contributed by atoms with van der Waals surface area (Å²) in [4.78, 5) is 0. The van der Waals surface area contributed by atoms with Crippen LogP contribution in [0, 0.1) is 0 Å². The zero-order valence-corrected chi connectivity index (χ0v) is 10.9. The quantitative estimate of drug-likeness (QED) is 0.690. The van der Waals surface area contributed by atoms with Crippen LogP contribution in [0.25, 0.3) is 0 Å². The SMILES string of the molecule is C=CS(=O)(=O)CCOc1ccc(OS(=O)[O-])cc1. The lowest BCUT2D eigenvalue weighted by Crippen LogP contribution is -2.11. The fraction of sp³-hybridized carbons (Fsp3) is 0.200. The first-order chi connectivity index (χ1) is 8.43. The van der Waals surface area contributed by atoms with Crippen molar-refractivity contribution in [3.8, 4) is 11.5 Å². The van der Waals surface area contributed by atoms with E-state index >= 15 is 0 Å². The molecule has 1 aromatic rings. The molecule has 0 aliphatic rings. The molecular weight excluding hydrogens is 280 g/mol. The summed E-state index contributed by atoms with van der Waals surface area (Å²) in [6.45, 7) is 3.17. The largest absolute Gasteiger partial charge is 0.740 e. The van der Waals surface area contributed by atoms with E-state index in [2.05, 4.69) is 10.8 Å². The Kier molecular flexibility index (Phi) is 5.32. The van der Waals surface area contributed by atoms with Crippen LogP contribution in [0.1, 0.15) is 0 Å². The van der Waals surface area contributed by atoms with E-state index < -0.39 is 21.2 Å². The number of hydrogen-bond acceptors (Lipinski definition) is 6. The van der Waals surface area contributed by atoms with E-state index in [-0.39, 0.29) is 18.1 Å². The van der Waals surface area contributed by atoms with Gasteiger partial charge >= 0.3 is 0 Å². The fourth-order valence-corrected chi connectivity index (χ4v) is 1.78. The second-order valence-electron chi connectivity index (χ2n) is 3.14. The lowest BCUT2D eigenvalue weighted by Gasteiger charge is -2.08. The third-order valence-corrected chi connectivity index (χ3v) is 3.45. The normalized spacial score (nSPS) is 12.7. The van der Waals surface area contributed by atoms with Crippen molar-refractivity contribution in [1.82, 2.24) is 0 Å². The molecule has 0 heterocycles. The standard InChI is InChI=1S/C10H12O6S2/c1-2-18(13,14)8-7-15-9-3-5-10(6-4-9)16-17(11)12/h2-6H,1,7-8H2,(H,11,12)/p-1. The van der Waals surface area contributed by atoms with Gasteiger partial charge in [0, 0.05) is 5.41 Å². The van der Waals surface area contributed by atoms with Gasteiger partial charge in [-0.25, -0.2) is 12.6 Å². The van der Waals surface area contributed by atoms with Crippen molar-refractivity contribution in [3.63, 3.8) is 0 Å². The van der Waals surface area contributed by atoms with Crippen LogP contribution in [0.3, 0.4) is 0 Å². The van der Waals surface area contributed by atoms with E-state index in [9.17, 15) is 17.2 Å². The summed E-state index contributed by atoms with van der Waals surface area (Å²) in [7, 11) is -3.28. The van der Waals surface area contributed by atoms with Crippen molar-refractivity contribution in [2.45, 2.75) is 0 Å². The Hall–Kier alpha value is -1.38. The molecule has 0 saturated heterocycles. The monoisotopic (exact) mass is 291 g/mol. The zero-order chi connectivity index (χ0) is 13.6. The molecule has 0 fully saturated rings. The number of sulfone groups is 1.